The van der Waals surface area contributed by atoms with Crippen LogP contribution >= 0.6 is 11.3 Å². The van der Waals surface area contributed by atoms with Gasteiger partial charge in [0.1, 0.15) is 0 Å². The average Bonchev–Trinajstić information content (AvgIpc) is 3.47. The summed E-state index contributed by atoms with van der Waals surface area (Å²) in [6.07, 6.45) is 14.1. The van der Waals surface area contributed by atoms with Gasteiger partial charge in [-0.05, 0) is 85.5 Å². The van der Waals surface area contributed by atoms with Gasteiger partial charge in [-0.2, -0.15) is 0 Å². The maximum absolute atomic E-state index is 8.64. The predicted octanol–water partition coefficient (Wildman–Crippen LogP) is 12.7. The van der Waals surface area contributed by atoms with Crippen LogP contribution < -0.4 is 0 Å². The van der Waals surface area contributed by atoms with Crippen LogP contribution in [-0.2, 0) is 0 Å². The van der Waals surface area contributed by atoms with Crippen LogP contribution in [-0.4, -0.2) is 5.71 Å². The van der Waals surface area contributed by atoms with Gasteiger partial charge in [-0.25, -0.2) is 0 Å². The zero-order valence-corrected chi connectivity index (χ0v) is 26.4. The molecule has 0 fully saturated rings. The normalized spacial score (nSPS) is 14.3. The van der Waals surface area contributed by atoms with E-state index in [4.69, 9.17) is 5.41 Å². The summed E-state index contributed by atoms with van der Waals surface area (Å²) in [6, 6.07) is 39.5. The van der Waals surface area contributed by atoms with Gasteiger partial charge in [0.05, 0.1) is 5.71 Å². The van der Waals surface area contributed by atoms with Crippen molar-refractivity contribution < 1.29 is 0 Å². The van der Waals surface area contributed by atoms with E-state index in [-0.39, 0.29) is 0 Å². The summed E-state index contributed by atoms with van der Waals surface area (Å²) in [5.41, 5.74) is 8.30. The van der Waals surface area contributed by atoms with Crippen molar-refractivity contribution in [3.63, 3.8) is 0 Å². The lowest BCUT2D eigenvalue weighted by atomic mass is 9.88. The van der Waals surface area contributed by atoms with Crippen LogP contribution in [0.15, 0.2) is 152 Å². The molecule has 1 nitrogen and oxygen atoms in total. The Bertz CT molecular complexity index is 2480. The molecule has 0 saturated heterocycles. The second-order valence-corrected chi connectivity index (χ2v) is 12.7. The van der Waals surface area contributed by atoms with E-state index in [1.54, 1.807) is 0 Å². The third kappa shape index (κ3) is 4.50. The van der Waals surface area contributed by atoms with Gasteiger partial charge >= 0.3 is 0 Å². The highest BCUT2D eigenvalue weighted by atomic mass is 32.1. The van der Waals surface area contributed by atoms with Gasteiger partial charge in [-0.1, -0.05) is 140 Å². The van der Waals surface area contributed by atoms with Crippen molar-refractivity contribution in [2.45, 2.75) is 6.92 Å². The lowest BCUT2D eigenvalue weighted by Gasteiger charge is -2.16. The summed E-state index contributed by atoms with van der Waals surface area (Å²) < 4.78 is 1.31. The fraction of sp³-hybridized carbons (Fsp3) is 0.0227. The minimum atomic E-state index is 0.525. The summed E-state index contributed by atoms with van der Waals surface area (Å²) in [5.74, 6) is 0. The molecule has 0 spiro atoms. The topological polar surface area (TPSA) is 23.9 Å². The molecule has 7 aromatic rings. The fourth-order valence-electron chi connectivity index (χ4n) is 6.91. The molecule has 1 aliphatic rings. The second-order valence-electron chi connectivity index (χ2n) is 11.6. The number of allylic oxidation sites excluding steroid dienone is 6. The minimum absolute atomic E-state index is 0.525. The standard InChI is InChI=1S/C44H31NS/c1-3-12-41-32(4-2)37-26-25-35-33-15-8-9-16-34(33)39-27-31(23-24-36(39)43(35)44(37)46-41)28-19-21-30(22-20-28)42(29-13-6-5-7-14-29)38-17-10-11-18-40(38)45/h3-27,45H,2H2,1H3/b12-3-,42-38-,45-40?. The molecule has 8 rings (SSSR count). The summed E-state index contributed by atoms with van der Waals surface area (Å²) in [7, 11) is 0. The van der Waals surface area contributed by atoms with Crippen LogP contribution in [0.25, 0.3) is 71.3 Å². The molecular formula is C44H31NS. The van der Waals surface area contributed by atoms with E-state index in [0.717, 1.165) is 22.3 Å². The molecule has 0 aliphatic heterocycles. The first-order chi connectivity index (χ1) is 22.7. The van der Waals surface area contributed by atoms with Crippen LogP contribution in [0.1, 0.15) is 28.5 Å². The van der Waals surface area contributed by atoms with Crippen molar-refractivity contribution >= 4 is 77.2 Å². The number of rotatable bonds is 5. The summed E-state index contributed by atoms with van der Waals surface area (Å²) in [5, 5.41) is 17.6. The molecule has 218 valence electrons. The SMILES string of the molecule is C=Cc1c(/C=C\C)sc2c1ccc1c3ccccc3c3cc(-c4ccc(/C(=C5/C=CC=CC5=N)c5ccccc5)cc4)ccc3c12. The zero-order chi connectivity index (χ0) is 31.2. The Hall–Kier alpha value is -5.57. The van der Waals surface area contributed by atoms with Crippen LogP contribution in [0.5, 0.6) is 0 Å². The van der Waals surface area contributed by atoms with Gasteiger partial charge < -0.3 is 5.41 Å². The van der Waals surface area contributed by atoms with Crippen LogP contribution in [0.3, 0.4) is 0 Å². The minimum Gasteiger partial charge on any atom is -0.300 e. The van der Waals surface area contributed by atoms with Gasteiger partial charge in [0, 0.05) is 25.9 Å². The molecule has 0 unspecified atom stereocenters. The molecule has 1 aromatic heterocycles. The van der Waals surface area contributed by atoms with Gasteiger partial charge in [-0.3, -0.25) is 0 Å². The van der Waals surface area contributed by atoms with Crippen molar-refractivity contribution in [1.29, 1.82) is 5.41 Å². The molecule has 0 atom stereocenters. The number of thiophene rings is 1. The maximum atomic E-state index is 8.64. The van der Waals surface area contributed by atoms with Crippen molar-refractivity contribution in [3.05, 3.63) is 173 Å². The molecule has 1 N–H and O–H groups in total. The molecular weight excluding hydrogens is 575 g/mol. The van der Waals surface area contributed by atoms with E-state index in [2.05, 4.69) is 129 Å². The molecule has 2 heteroatoms. The molecule has 0 saturated carbocycles. The highest BCUT2D eigenvalue weighted by Gasteiger charge is 2.17. The van der Waals surface area contributed by atoms with Crippen molar-refractivity contribution in [2.75, 3.05) is 0 Å². The largest absolute Gasteiger partial charge is 0.300 e. The lowest BCUT2D eigenvalue weighted by molar-refractivity contribution is 1.47. The van der Waals surface area contributed by atoms with Crippen molar-refractivity contribution in [2.24, 2.45) is 0 Å². The predicted molar refractivity (Wildman–Crippen MR) is 203 cm³/mol. The van der Waals surface area contributed by atoms with Crippen LogP contribution in [0.4, 0.5) is 0 Å². The number of fused-ring (bicyclic) bond motifs is 8. The molecule has 0 bridgehead atoms. The van der Waals surface area contributed by atoms with E-state index in [9.17, 15) is 0 Å². The van der Waals surface area contributed by atoms with E-state index in [1.807, 2.05) is 47.8 Å². The van der Waals surface area contributed by atoms with E-state index < -0.39 is 0 Å². The Morgan fingerprint density at radius 2 is 1.28 bits per heavy atom. The van der Waals surface area contributed by atoms with Crippen LogP contribution in [0.2, 0.25) is 0 Å². The van der Waals surface area contributed by atoms with E-state index in [0.29, 0.717) is 5.71 Å². The van der Waals surface area contributed by atoms with Crippen molar-refractivity contribution in [3.8, 4) is 11.1 Å². The number of hydrogen-bond acceptors (Lipinski definition) is 2. The Labute approximate surface area is 273 Å². The number of benzene rings is 6. The highest BCUT2D eigenvalue weighted by Crippen LogP contribution is 2.45. The Kier molecular flexibility index (Phi) is 6.93. The lowest BCUT2D eigenvalue weighted by Crippen LogP contribution is -2.03. The Morgan fingerprint density at radius 3 is 2.02 bits per heavy atom. The summed E-state index contributed by atoms with van der Waals surface area (Å²) in [6.45, 7) is 6.22. The van der Waals surface area contributed by atoms with Gasteiger partial charge in [0.2, 0.25) is 0 Å². The zero-order valence-electron chi connectivity index (χ0n) is 25.5. The number of nitrogens with one attached hydrogen (secondary N) is 1. The first kappa shape index (κ1) is 27.9. The summed E-state index contributed by atoms with van der Waals surface area (Å²) >= 11 is 1.85. The fourth-order valence-corrected chi connectivity index (χ4v) is 8.24. The average molecular weight is 606 g/mol. The van der Waals surface area contributed by atoms with Gasteiger partial charge in [-0.15, -0.1) is 11.3 Å². The second kappa shape index (κ2) is 11.4. The third-order valence-corrected chi connectivity index (χ3v) is 10.2. The Balaban J connectivity index is 1.32. The first-order valence-electron chi connectivity index (χ1n) is 15.6. The Morgan fingerprint density at radius 1 is 0.652 bits per heavy atom. The monoisotopic (exact) mass is 605 g/mol. The van der Waals surface area contributed by atoms with E-state index in [1.165, 1.54) is 64.0 Å². The molecule has 6 aromatic carbocycles. The van der Waals surface area contributed by atoms with E-state index >= 15 is 0 Å². The maximum Gasteiger partial charge on any atom is 0.0618 e. The van der Waals surface area contributed by atoms with Gasteiger partial charge in [0.15, 0.2) is 0 Å². The highest BCUT2D eigenvalue weighted by molar-refractivity contribution is 7.21. The smallest absolute Gasteiger partial charge is 0.0618 e. The quantitative estimate of drug-likeness (QED) is 0.189. The first-order valence-corrected chi connectivity index (χ1v) is 16.4. The molecule has 0 radical (unpaired) electrons. The molecule has 1 aliphatic carbocycles. The third-order valence-electron chi connectivity index (χ3n) is 9.01. The molecule has 1 heterocycles. The number of hydrogen-bond donors (Lipinski definition) is 1. The summed E-state index contributed by atoms with van der Waals surface area (Å²) in [4.78, 5) is 1.25. The van der Waals surface area contributed by atoms with Crippen LogP contribution in [0, 0.1) is 5.41 Å². The van der Waals surface area contributed by atoms with Gasteiger partial charge in [0.25, 0.3) is 0 Å². The molecule has 46 heavy (non-hydrogen) atoms. The van der Waals surface area contributed by atoms with Crippen molar-refractivity contribution in [1.82, 2.24) is 0 Å². The molecule has 0 amide bonds.